The molecule has 11 nitrogen and oxygen atoms in total. The first-order chi connectivity index (χ1) is 17.0. The van der Waals surface area contributed by atoms with Gasteiger partial charge in [-0.1, -0.05) is 40.2 Å². The molecule has 0 saturated heterocycles. The number of hydrazone groups is 1. The minimum atomic E-state index is -1.09. The van der Waals surface area contributed by atoms with E-state index in [1.807, 2.05) is 13.8 Å². The van der Waals surface area contributed by atoms with E-state index < -0.39 is 38.0 Å². The maximum Gasteiger partial charge on any atom is 0.316 e. The van der Waals surface area contributed by atoms with Crippen molar-refractivity contribution in [1.29, 1.82) is 0 Å². The van der Waals surface area contributed by atoms with Crippen LogP contribution >= 0.6 is 0 Å². The van der Waals surface area contributed by atoms with E-state index in [1.54, 1.807) is 0 Å². The number of ether oxygens (including phenoxy) is 1. The lowest BCUT2D eigenvalue weighted by atomic mass is 9.45. The Morgan fingerprint density at radius 2 is 1.57 bits per heavy atom. The number of esters is 1. The van der Waals surface area contributed by atoms with Crippen molar-refractivity contribution < 1.29 is 24.2 Å². The van der Waals surface area contributed by atoms with E-state index in [2.05, 4.69) is 31.3 Å². The first kappa shape index (κ1) is 26.4. The number of anilines is 1. The fraction of sp³-hybridized carbons (Fsp3) is 0.577. The van der Waals surface area contributed by atoms with Crippen LogP contribution in [0, 0.1) is 41.9 Å². The van der Waals surface area contributed by atoms with Gasteiger partial charge in [-0.25, -0.2) is 0 Å². The van der Waals surface area contributed by atoms with Gasteiger partial charge in [0.25, 0.3) is 11.4 Å². The Labute approximate surface area is 214 Å². The van der Waals surface area contributed by atoms with Crippen LogP contribution in [0.25, 0.3) is 0 Å². The quantitative estimate of drug-likeness (QED) is 0.315. The number of nitro groups is 2. The summed E-state index contributed by atoms with van der Waals surface area (Å²) in [6.45, 7) is 10.2. The Hall–Kier alpha value is -3.63. The zero-order valence-corrected chi connectivity index (χ0v) is 22.0. The third-order valence-electron chi connectivity index (χ3n) is 7.82. The smallest absolute Gasteiger partial charge is 0.316 e. The Balaban J connectivity index is 1.82. The summed E-state index contributed by atoms with van der Waals surface area (Å²) in [5.74, 6) is -0.780. The van der Waals surface area contributed by atoms with Crippen LogP contribution in [0.1, 0.15) is 66.7 Å². The molecule has 198 valence electrons. The molecule has 0 heterocycles. The second-order valence-corrected chi connectivity index (χ2v) is 12.4. The summed E-state index contributed by atoms with van der Waals surface area (Å²) in [5, 5.41) is 26.9. The number of methoxy groups -OCH3 is 1. The number of nitrogens with zero attached hydrogens (tertiary/aromatic N) is 3. The molecule has 37 heavy (non-hydrogen) atoms. The third kappa shape index (κ3) is 4.51. The fourth-order valence-electron chi connectivity index (χ4n) is 7.34. The topological polar surface area (TPSA) is 154 Å². The molecule has 0 unspecified atom stereocenters. The number of Topliss-reactive ketones (excluding diaryl/α,β-unsaturated/α-hetero) is 1. The minimum Gasteiger partial charge on any atom is -0.468 e. The second-order valence-electron chi connectivity index (χ2n) is 12.4. The van der Waals surface area contributed by atoms with Crippen molar-refractivity contribution in [2.75, 3.05) is 12.5 Å². The highest BCUT2D eigenvalue weighted by Gasteiger charge is 2.62. The van der Waals surface area contributed by atoms with Gasteiger partial charge in [0, 0.05) is 23.1 Å². The van der Waals surface area contributed by atoms with Crippen molar-refractivity contribution in [2.45, 2.75) is 66.7 Å². The van der Waals surface area contributed by atoms with Gasteiger partial charge in [-0.15, -0.1) is 0 Å². The maximum absolute atomic E-state index is 14.1. The molecule has 3 aliphatic carbocycles. The van der Waals surface area contributed by atoms with E-state index in [4.69, 9.17) is 4.74 Å². The van der Waals surface area contributed by atoms with Crippen LogP contribution in [-0.4, -0.2) is 34.4 Å². The molecule has 4 rings (SSSR count). The Morgan fingerprint density at radius 1 is 0.973 bits per heavy atom. The SMILES string of the molecule is COC(=O)[C@]12CC(C)(C)C[C@@](C)(CC3=C1C(=O)/C(=N\Nc1cc([N+](=O)[O-])cc([N+](=O)[O-])c1)C(C)(C)C3)C2. The second kappa shape index (κ2) is 8.46. The lowest BCUT2D eigenvalue weighted by molar-refractivity contribution is -0.394. The van der Waals surface area contributed by atoms with Crippen LogP contribution < -0.4 is 5.43 Å². The van der Waals surface area contributed by atoms with Gasteiger partial charge in [0.15, 0.2) is 0 Å². The van der Waals surface area contributed by atoms with Crippen LogP contribution in [0.5, 0.6) is 0 Å². The molecule has 0 aromatic heterocycles. The molecule has 2 atom stereocenters. The highest BCUT2D eigenvalue weighted by atomic mass is 16.6. The zero-order chi connectivity index (χ0) is 27.6. The molecule has 3 aliphatic rings. The summed E-state index contributed by atoms with van der Waals surface area (Å²) >= 11 is 0. The number of hydrogen-bond acceptors (Lipinski definition) is 9. The first-order valence-corrected chi connectivity index (χ1v) is 12.2. The number of carbonyl (C=O) groups is 2. The van der Waals surface area contributed by atoms with Gasteiger partial charge in [-0.3, -0.25) is 35.2 Å². The van der Waals surface area contributed by atoms with E-state index in [0.717, 1.165) is 30.2 Å². The van der Waals surface area contributed by atoms with Gasteiger partial charge in [0.1, 0.15) is 5.71 Å². The molecule has 2 bridgehead atoms. The largest absolute Gasteiger partial charge is 0.468 e. The number of hydrogen-bond donors (Lipinski definition) is 1. The van der Waals surface area contributed by atoms with Crippen LogP contribution in [0.2, 0.25) is 0 Å². The minimum absolute atomic E-state index is 0.00877. The lowest BCUT2D eigenvalue weighted by Gasteiger charge is -2.57. The van der Waals surface area contributed by atoms with Crippen LogP contribution in [0.4, 0.5) is 17.1 Å². The maximum atomic E-state index is 14.1. The van der Waals surface area contributed by atoms with E-state index >= 15 is 0 Å². The molecule has 0 amide bonds. The van der Waals surface area contributed by atoms with Crippen molar-refractivity contribution in [3.8, 4) is 0 Å². The van der Waals surface area contributed by atoms with Crippen molar-refractivity contribution in [1.82, 2.24) is 0 Å². The van der Waals surface area contributed by atoms with Crippen molar-refractivity contribution in [3.05, 3.63) is 49.6 Å². The Kier molecular flexibility index (Phi) is 6.04. The molecule has 0 radical (unpaired) electrons. The monoisotopic (exact) mass is 512 g/mol. The standard InChI is InChI=1S/C26H32N4O7/c1-23(2)12-25(5)11-15-10-24(3,4)21(20(31)19(15)26(13-23,14-25)22(32)37-6)28-27-16-7-17(29(33)34)9-18(8-16)30(35)36/h7-9,27H,10-14H2,1-6H3/b28-21+/t25-,26+/m1/s1. The molecule has 1 saturated carbocycles. The molecule has 1 fully saturated rings. The van der Waals surface area contributed by atoms with Gasteiger partial charge in [-0.05, 0) is 42.9 Å². The Bertz CT molecular complexity index is 1260. The van der Waals surface area contributed by atoms with Gasteiger partial charge >= 0.3 is 5.97 Å². The number of nitro benzene ring substituents is 2. The van der Waals surface area contributed by atoms with Crippen LogP contribution in [0.3, 0.4) is 0 Å². The summed E-state index contributed by atoms with van der Waals surface area (Å²) in [6.07, 6.45) is 3.14. The van der Waals surface area contributed by atoms with Gasteiger partial charge < -0.3 is 4.74 Å². The van der Waals surface area contributed by atoms with Crippen molar-refractivity contribution in [3.63, 3.8) is 0 Å². The van der Waals surface area contributed by atoms with Crippen molar-refractivity contribution >= 4 is 34.5 Å². The fourth-order valence-corrected chi connectivity index (χ4v) is 7.34. The summed E-state index contributed by atoms with van der Waals surface area (Å²) in [5.41, 5.74) is 1.14. The number of nitrogens with one attached hydrogen (secondary N) is 1. The lowest BCUT2D eigenvalue weighted by Crippen LogP contribution is -2.56. The van der Waals surface area contributed by atoms with E-state index in [-0.39, 0.29) is 28.0 Å². The normalized spacial score (nSPS) is 28.9. The van der Waals surface area contributed by atoms with E-state index in [0.29, 0.717) is 31.3 Å². The zero-order valence-electron chi connectivity index (χ0n) is 22.0. The number of benzene rings is 1. The predicted molar refractivity (Wildman–Crippen MR) is 136 cm³/mol. The van der Waals surface area contributed by atoms with E-state index in [1.165, 1.54) is 7.11 Å². The molecule has 1 aromatic rings. The highest BCUT2D eigenvalue weighted by molar-refractivity contribution is 6.49. The van der Waals surface area contributed by atoms with E-state index in [9.17, 15) is 29.8 Å². The molecule has 1 N–H and O–H groups in total. The summed E-state index contributed by atoms with van der Waals surface area (Å²) in [7, 11) is 1.34. The van der Waals surface area contributed by atoms with Crippen LogP contribution in [0.15, 0.2) is 34.4 Å². The summed E-state index contributed by atoms with van der Waals surface area (Å²) < 4.78 is 5.28. The molecular formula is C26H32N4O7. The first-order valence-electron chi connectivity index (χ1n) is 12.2. The molecule has 1 aromatic carbocycles. The number of allylic oxidation sites excluding steroid dienone is 1. The number of rotatable bonds is 5. The third-order valence-corrected chi connectivity index (χ3v) is 7.82. The Morgan fingerprint density at radius 3 is 2.11 bits per heavy atom. The highest BCUT2D eigenvalue weighted by Crippen LogP contribution is 2.65. The molecule has 0 aliphatic heterocycles. The number of carbonyl (C=O) groups excluding carboxylic acids is 2. The molecular weight excluding hydrogens is 480 g/mol. The summed E-state index contributed by atoms with van der Waals surface area (Å²) in [6, 6.07) is 3.09. The van der Waals surface area contributed by atoms with Gasteiger partial charge in [0.05, 0.1) is 34.1 Å². The predicted octanol–water partition coefficient (Wildman–Crippen LogP) is 5.35. The summed E-state index contributed by atoms with van der Waals surface area (Å²) in [4.78, 5) is 48.6. The molecule has 0 spiro atoms. The number of non-ortho nitro benzene ring substituents is 2. The van der Waals surface area contributed by atoms with Crippen molar-refractivity contribution in [2.24, 2.45) is 26.8 Å². The van der Waals surface area contributed by atoms with Crippen LogP contribution in [-0.2, 0) is 14.3 Å². The van der Waals surface area contributed by atoms with Gasteiger partial charge in [-0.2, -0.15) is 5.10 Å². The number of ketones is 1. The number of fused-ring (bicyclic) bond motifs is 3. The average molecular weight is 513 g/mol. The molecule has 11 heteroatoms. The van der Waals surface area contributed by atoms with Gasteiger partial charge in [0.2, 0.25) is 5.78 Å². The average Bonchev–Trinajstić information content (AvgIpc) is 2.75.